The SMILES string of the molecule is COP(=O)(OC)OCCN1C(=O)c2ccccc2C1=O. The Balaban J connectivity index is 2.01. The first-order valence-electron chi connectivity index (χ1n) is 5.83. The average Bonchev–Trinajstić information content (AvgIpc) is 2.72. The molecule has 0 saturated carbocycles. The summed E-state index contributed by atoms with van der Waals surface area (Å²) in [6.45, 7) is -0.159. The van der Waals surface area contributed by atoms with Gasteiger partial charge in [0, 0.05) is 14.2 Å². The number of hydrogen-bond acceptors (Lipinski definition) is 6. The van der Waals surface area contributed by atoms with Crippen LogP contribution in [-0.4, -0.2) is 44.1 Å². The Labute approximate surface area is 116 Å². The normalized spacial score (nSPS) is 14.8. The molecule has 20 heavy (non-hydrogen) atoms. The Kier molecular flexibility index (Phi) is 4.35. The number of rotatable bonds is 6. The van der Waals surface area contributed by atoms with Gasteiger partial charge in [-0.05, 0) is 12.1 Å². The molecule has 1 aliphatic rings. The number of benzene rings is 1. The minimum atomic E-state index is -3.60. The van der Waals surface area contributed by atoms with E-state index in [0.29, 0.717) is 11.1 Å². The van der Waals surface area contributed by atoms with E-state index in [1.807, 2.05) is 0 Å². The van der Waals surface area contributed by atoms with Crippen molar-refractivity contribution in [1.82, 2.24) is 4.90 Å². The maximum Gasteiger partial charge on any atom is 0.474 e. The van der Waals surface area contributed by atoms with Gasteiger partial charge in [-0.2, -0.15) is 0 Å². The fourth-order valence-electron chi connectivity index (χ4n) is 1.87. The van der Waals surface area contributed by atoms with Gasteiger partial charge in [-0.3, -0.25) is 28.1 Å². The van der Waals surface area contributed by atoms with Crippen molar-refractivity contribution in [2.75, 3.05) is 27.4 Å². The molecule has 2 amide bonds. The van der Waals surface area contributed by atoms with Crippen LogP contribution in [0.15, 0.2) is 24.3 Å². The molecule has 0 spiro atoms. The molecule has 8 heteroatoms. The summed E-state index contributed by atoms with van der Waals surface area (Å²) in [7, 11) is -1.23. The molecule has 1 heterocycles. The number of phosphoric acid groups is 1. The van der Waals surface area contributed by atoms with Crippen molar-refractivity contribution >= 4 is 19.6 Å². The third-order valence-corrected chi connectivity index (χ3v) is 4.28. The van der Waals surface area contributed by atoms with Gasteiger partial charge in [0.05, 0.1) is 24.3 Å². The molecule has 1 aliphatic heterocycles. The topological polar surface area (TPSA) is 82.1 Å². The summed E-state index contributed by atoms with van der Waals surface area (Å²) < 4.78 is 25.8. The minimum absolute atomic E-state index is 0.0247. The van der Waals surface area contributed by atoms with Gasteiger partial charge < -0.3 is 0 Å². The number of carbonyl (C=O) groups is 2. The molecule has 0 atom stereocenters. The maximum atomic E-state index is 12.0. The van der Waals surface area contributed by atoms with Crippen molar-refractivity contribution in [2.45, 2.75) is 0 Å². The molecule has 0 N–H and O–H groups in total. The molecule has 1 aromatic carbocycles. The zero-order valence-corrected chi connectivity index (χ0v) is 12.0. The number of fused-ring (bicyclic) bond motifs is 1. The van der Waals surface area contributed by atoms with E-state index in [9.17, 15) is 14.2 Å². The van der Waals surface area contributed by atoms with Crippen LogP contribution in [0.5, 0.6) is 0 Å². The standard InChI is InChI=1S/C12H14NO6P/c1-17-20(16,18-2)19-8-7-13-11(14)9-5-3-4-6-10(9)12(13)15/h3-6H,7-8H2,1-2H3. The van der Waals surface area contributed by atoms with Gasteiger partial charge in [-0.25, -0.2) is 4.57 Å². The Morgan fingerprint density at radius 2 is 1.55 bits per heavy atom. The van der Waals surface area contributed by atoms with Gasteiger partial charge >= 0.3 is 7.82 Å². The molecule has 108 valence electrons. The fraction of sp³-hybridized carbons (Fsp3) is 0.333. The van der Waals surface area contributed by atoms with E-state index in [1.54, 1.807) is 24.3 Å². The largest absolute Gasteiger partial charge is 0.474 e. The summed E-state index contributed by atoms with van der Waals surface area (Å²) in [6, 6.07) is 6.55. The third kappa shape index (κ3) is 2.66. The molecule has 0 saturated heterocycles. The highest BCUT2D eigenvalue weighted by atomic mass is 31.2. The summed E-state index contributed by atoms with van der Waals surface area (Å²) >= 11 is 0. The van der Waals surface area contributed by atoms with Crippen LogP contribution >= 0.6 is 7.82 Å². The average molecular weight is 299 g/mol. The van der Waals surface area contributed by atoms with E-state index in [4.69, 9.17) is 4.52 Å². The van der Waals surface area contributed by atoms with Gasteiger partial charge in [0.25, 0.3) is 11.8 Å². The zero-order valence-electron chi connectivity index (χ0n) is 11.1. The number of carbonyl (C=O) groups excluding carboxylic acids is 2. The number of amides is 2. The number of phosphoric ester groups is 1. The monoisotopic (exact) mass is 299 g/mol. The van der Waals surface area contributed by atoms with Crippen molar-refractivity contribution in [2.24, 2.45) is 0 Å². The molecule has 0 radical (unpaired) electrons. The van der Waals surface area contributed by atoms with Gasteiger partial charge in [0.1, 0.15) is 0 Å². The second kappa shape index (κ2) is 5.85. The predicted octanol–water partition coefficient (Wildman–Crippen LogP) is 1.70. The second-order valence-electron chi connectivity index (χ2n) is 3.95. The maximum absolute atomic E-state index is 12.0. The molecule has 0 aromatic heterocycles. The highest BCUT2D eigenvalue weighted by molar-refractivity contribution is 7.48. The van der Waals surface area contributed by atoms with Crippen LogP contribution in [0.3, 0.4) is 0 Å². The Morgan fingerprint density at radius 1 is 1.05 bits per heavy atom. The van der Waals surface area contributed by atoms with E-state index in [-0.39, 0.29) is 25.0 Å². The number of imide groups is 1. The number of nitrogens with zero attached hydrogens (tertiary/aromatic N) is 1. The Hall–Kier alpha value is -1.53. The van der Waals surface area contributed by atoms with E-state index in [0.717, 1.165) is 4.90 Å². The first-order chi connectivity index (χ1) is 9.52. The van der Waals surface area contributed by atoms with Gasteiger partial charge in [-0.1, -0.05) is 12.1 Å². The van der Waals surface area contributed by atoms with Crippen LogP contribution in [-0.2, 0) is 18.1 Å². The molecule has 0 fully saturated rings. The Bertz CT molecular complexity index is 544. The minimum Gasteiger partial charge on any atom is -0.290 e. The number of hydrogen-bond donors (Lipinski definition) is 0. The van der Waals surface area contributed by atoms with Crippen LogP contribution in [0.1, 0.15) is 20.7 Å². The lowest BCUT2D eigenvalue weighted by atomic mass is 10.1. The molecule has 0 bridgehead atoms. The van der Waals surface area contributed by atoms with Crippen LogP contribution in [0.25, 0.3) is 0 Å². The van der Waals surface area contributed by atoms with Crippen LogP contribution in [0, 0.1) is 0 Å². The van der Waals surface area contributed by atoms with Crippen molar-refractivity contribution < 1.29 is 27.7 Å². The lowest BCUT2D eigenvalue weighted by Gasteiger charge is -2.16. The van der Waals surface area contributed by atoms with E-state index < -0.39 is 7.82 Å². The molecule has 0 unspecified atom stereocenters. The fourth-order valence-corrected chi connectivity index (χ4v) is 2.53. The van der Waals surface area contributed by atoms with Gasteiger partial charge in [0.15, 0.2) is 0 Å². The molecule has 1 aromatic rings. The molecule has 0 aliphatic carbocycles. The third-order valence-electron chi connectivity index (χ3n) is 2.89. The van der Waals surface area contributed by atoms with Crippen molar-refractivity contribution in [3.8, 4) is 0 Å². The second-order valence-corrected chi connectivity index (χ2v) is 5.84. The first kappa shape index (κ1) is 14.9. The summed E-state index contributed by atoms with van der Waals surface area (Å²) in [5.41, 5.74) is 0.721. The molecular formula is C12H14NO6P. The summed E-state index contributed by atoms with van der Waals surface area (Å²) in [5.74, 6) is -0.780. The molecule has 2 rings (SSSR count). The predicted molar refractivity (Wildman–Crippen MR) is 69.4 cm³/mol. The van der Waals surface area contributed by atoms with Crippen molar-refractivity contribution in [1.29, 1.82) is 0 Å². The van der Waals surface area contributed by atoms with E-state index >= 15 is 0 Å². The van der Waals surface area contributed by atoms with Crippen molar-refractivity contribution in [3.05, 3.63) is 35.4 Å². The lowest BCUT2D eigenvalue weighted by molar-refractivity contribution is 0.0609. The highest BCUT2D eigenvalue weighted by Crippen LogP contribution is 2.47. The van der Waals surface area contributed by atoms with Gasteiger partial charge in [0.2, 0.25) is 0 Å². The van der Waals surface area contributed by atoms with Gasteiger partial charge in [-0.15, -0.1) is 0 Å². The summed E-state index contributed by atoms with van der Waals surface area (Å²) in [5, 5.41) is 0. The first-order valence-corrected chi connectivity index (χ1v) is 7.30. The quantitative estimate of drug-likeness (QED) is 0.587. The van der Waals surface area contributed by atoms with E-state index in [2.05, 4.69) is 9.05 Å². The highest BCUT2D eigenvalue weighted by Gasteiger charge is 2.35. The zero-order chi connectivity index (χ0) is 14.8. The molecule has 7 nitrogen and oxygen atoms in total. The van der Waals surface area contributed by atoms with Crippen molar-refractivity contribution in [3.63, 3.8) is 0 Å². The lowest BCUT2D eigenvalue weighted by Crippen LogP contribution is -2.32. The summed E-state index contributed by atoms with van der Waals surface area (Å²) in [4.78, 5) is 25.1. The van der Waals surface area contributed by atoms with Crippen LogP contribution in [0.2, 0.25) is 0 Å². The van der Waals surface area contributed by atoms with E-state index in [1.165, 1.54) is 14.2 Å². The summed E-state index contributed by atoms with van der Waals surface area (Å²) in [6.07, 6.45) is 0. The van der Waals surface area contributed by atoms with Crippen LogP contribution < -0.4 is 0 Å². The molecular weight excluding hydrogens is 285 g/mol. The smallest absolute Gasteiger partial charge is 0.290 e. The Morgan fingerprint density at radius 3 is 2.00 bits per heavy atom. The van der Waals surface area contributed by atoms with Crippen LogP contribution in [0.4, 0.5) is 0 Å².